The molecule has 0 aliphatic heterocycles. The van der Waals surface area contributed by atoms with Gasteiger partial charge in [0.15, 0.2) is 0 Å². The Kier molecular flexibility index (Phi) is 7.95. The van der Waals surface area contributed by atoms with Gasteiger partial charge in [0.25, 0.3) is 0 Å². The predicted molar refractivity (Wildman–Crippen MR) is 61.6 cm³/mol. The van der Waals surface area contributed by atoms with Crippen molar-refractivity contribution >= 4 is 0 Å². The van der Waals surface area contributed by atoms with E-state index in [9.17, 15) is 114 Å². The number of halogens is 26. The summed E-state index contributed by atoms with van der Waals surface area (Å²) in [5.41, 5.74) is 0. The minimum atomic E-state index is -8.04. The maximum Gasteiger partial charge on any atom is 0.460 e. The van der Waals surface area contributed by atoms with Crippen LogP contribution in [0.4, 0.5) is 114 Å². The normalized spacial score (nSPS) is 24.8. The molecule has 0 aromatic carbocycles. The molecule has 0 amide bonds. The lowest BCUT2D eigenvalue weighted by Crippen LogP contribution is -2.82. The summed E-state index contributed by atoms with van der Waals surface area (Å²) < 4.78 is 314. The maximum absolute atomic E-state index is 12.3. The topological polar surface area (TPSA) is 0 Å². The van der Waals surface area contributed by atoms with E-state index >= 15 is 0 Å². The van der Waals surface area contributed by atoms with Crippen LogP contribution in [0, 0.1) is 0 Å². The number of hydrogen-bond acceptors (Lipinski definition) is 0. The summed E-state index contributed by atoms with van der Waals surface area (Å²) in [6.45, 7) is 0. The largest absolute Gasteiger partial charge is 0.460 e. The van der Waals surface area contributed by atoms with E-state index in [0.717, 1.165) is 0 Å². The second-order valence-corrected chi connectivity index (χ2v) is 6.74. The van der Waals surface area contributed by atoms with Gasteiger partial charge in [-0.3, -0.25) is 0 Å². The summed E-state index contributed by atoms with van der Waals surface area (Å²) >= 11 is 0. The van der Waals surface area contributed by atoms with Gasteiger partial charge in [0.1, 0.15) is 0 Å². The average molecular weight is 638 g/mol. The summed E-state index contributed by atoms with van der Waals surface area (Å²) in [7, 11) is 0. The molecule has 1 fully saturated rings. The second-order valence-electron chi connectivity index (χ2n) is 6.74. The van der Waals surface area contributed by atoms with Crippen molar-refractivity contribution in [2.45, 2.75) is 71.6 Å². The molecule has 0 bridgehead atoms. The lowest BCUT2D eigenvalue weighted by atomic mass is 9.80. The molecular weight excluding hydrogens is 638 g/mol. The molecule has 0 nitrogen and oxygen atoms in total. The quantitative estimate of drug-likeness (QED) is 0.273. The van der Waals surface area contributed by atoms with Crippen LogP contribution in [0.25, 0.3) is 0 Å². The highest BCUT2D eigenvalue weighted by Gasteiger charge is 3.02. The summed E-state index contributed by atoms with van der Waals surface area (Å²) in [6, 6.07) is 0. The Morgan fingerprint density at radius 2 is 0.316 bits per heavy atom. The first-order chi connectivity index (χ1) is 15.8. The smallest absolute Gasteiger partial charge is 0.192 e. The molecule has 1 saturated carbocycles. The van der Waals surface area contributed by atoms with E-state index in [1.54, 1.807) is 0 Å². The van der Waals surface area contributed by atoms with Gasteiger partial charge < -0.3 is 0 Å². The van der Waals surface area contributed by atoms with Crippen molar-refractivity contribution in [2.75, 3.05) is 0 Å². The molecular formula is C12F26. The fraction of sp³-hybridized carbons (Fsp3) is 1.00. The zero-order valence-electron chi connectivity index (χ0n) is 15.8. The van der Waals surface area contributed by atoms with Crippen LogP contribution in [0.3, 0.4) is 0 Å². The van der Waals surface area contributed by atoms with Gasteiger partial charge in [0, 0.05) is 0 Å². The average Bonchev–Trinajstić information content (AvgIpc) is 2.64. The standard InChI is InChI=1S/C6F14.C6F12/c7-1(8,3(11,12)5(15,16)17)2(9,10)4(13,14)6(18,19)20;7-1(8)2(9,10)4(13,14)6(17,18)5(15,16)3(1,11)12. The first kappa shape index (κ1) is 36.2. The fourth-order valence-corrected chi connectivity index (χ4v) is 1.93. The molecule has 1 rings (SSSR count). The van der Waals surface area contributed by atoms with Crippen LogP contribution >= 0.6 is 0 Å². The van der Waals surface area contributed by atoms with Crippen molar-refractivity contribution in [3.63, 3.8) is 0 Å². The van der Waals surface area contributed by atoms with Crippen LogP contribution in [0.2, 0.25) is 0 Å². The van der Waals surface area contributed by atoms with Crippen LogP contribution in [0.15, 0.2) is 0 Å². The van der Waals surface area contributed by atoms with Gasteiger partial charge in [-0.25, -0.2) is 0 Å². The Labute approximate surface area is 187 Å². The lowest BCUT2D eigenvalue weighted by Gasteiger charge is -2.49. The number of rotatable bonds is 3. The van der Waals surface area contributed by atoms with Gasteiger partial charge in [0.2, 0.25) is 0 Å². The lowest BCUT2D eigenvalue weighted by molar-refractivity contribution is -0.506. The Hall–Kier alpha value is -1.82. The molecule has 38 heavy (non-hydrogen) atoms. The zero-order chi connectivity index (χ0) is 32.0. The highest BCUT2D eigenvalue weighted by atomic mass is 19.4. The summed E-state index contributed by atoms with van der Waals surface area (Å²) in [5.74, 6) is -75.8. The Bertz CT molecular complexity index is 711. The monoisotopic (exact) mass is 638 g/mol. The minimum absolute atomic E-state index is 7.35. The van der Waals surface area contributed by atoms with Gasteiger partial charge in [-0.1, -0.05) is 0 Å². The molecule has 0 aromatic heterocycles. The number of alkyl halides is 26. The zero-order valence-corrected chi connectivity index (χ0v) is 15.8. The van der Waals surface area contributed by atoms with Crippen molar-refractivity contribution in [2.24, 2.45) is 0 Å². The van der Waals surface area contributed by atoms with E-state index in [1.165, 1.54) is 0 Å². The van der Waals surface area contributed by atoms with Crippen molar-refractivity contribution in [3.8, 4) is 0 Å². The van der Waals surface area contributed by atoms with Gasteiger partial charge in [-0.15, -0.1) is 0 Å². The Morgan fingerprint density at radius 1 is 0.211 bits per heavy atom. The molecule has 0 N–H and O–H groups in total. The van der Waals surface area contributed by atoms with E-state index in [-0.39, 0.29) is 0 Å². The van der Waals surface area contributed by atoms with E-state index in [1.807, 2.05) is 0 Å². The molecule has 0 radical (unpaired) electrons. The Morgan fingerprint density at radius 3 is 0.395 bits per heavy atom. The highest BCUT2D eigenvalue weighted by molar-refractivity contribution is 5.23. The third kappa shape index (κ3) is 3.98. The molecule has 1 aliphatic rings. The SMILES string of the molecule is FC(F)(F)C(F)(F)C(F)(F)C(F)(F)C(F)(F)C(F)(F)F.FC1(F)C(F)(F)C(F)(F)C(F)(F)C(F)(F)C1(F)F. The highest BCUT2D eigenvalue weighted by Crippen LogP contribution is 2.69. The van der Waals surface area contributed by atoms with Gasteiger partial charge in [0.05, 0.1) is 0 Å². The van der Waals surface area contributed by atoms with E-state index in [4.69, 9.17) is 0 Å². The molecule has 0 spiro atoms. The van der Waals surface area contributed by atoms with Crippen molar-refractivity contribution < 1.29 is 114 Å². The molecule has 1 aliphatic carbocycles. The summed E-state index contributed by atoms with van der Waals surface area (Å²) in [5, 5.41) is 0. The first-order valence-electron chi connectivity index (χ1n) is 7.66. The molecule has 0 aromatic rings. The van der Waals surface area contributed by atoms with E-state index in [0.29, 0.717) is 0 Å². The van der Waals surface area contributed by atoms with Crippen LogP contribution in [-0.2, 0) is 0 Å². The third-order valence-electron chi connectivity index (χ3n) is 4.26. The van der Waals surface area contributed by atoms with E-state index in [2.05, 4.69) is 0 Å². The van der Waals surface area contributed by atoms with Crippen molar-refractivity contribution in [3.05, 3.63) is 0 Å². The van der Waals surface area contributed by atoms with Crippen molar-refractivity contribution in [1.82, 2.24) is 0 Å². The number of hydrogen-bond donors (Lipinski definition) is 0. The van der Waals surface area contributed by atoms with Crippen LogP contribution < -0.4 is 0 Å². The third-order valence-corrected chi connectivity index (χ3v) is 4.26. The predicted octanol–water partition coefficient (Wildman–Crippen LogP) is 8.46. The Balaban J connectivity index is 0.000000724. The van der Waals surface area contributed by atoms with Gasteiger partial charge in [-0.05, 0) is 0 Å². The molecule has 230 valence electrons. The maximum atomic E-state index is 12.3. The fourth-order valence-electron chi connectivity index (χ4n) is 1.93. The van der Waals surface area contributed by atoms with Crippen molar-refractivity contribution in [1.29, 1.82) is 0 Å². The molecule has 0 heterocycles. The van der Waals surface area contributed by atoms with E-state index < -0.39 is 71.6 Å². The van der Waals surface area contributed by atoms with Crippen LogP contribution in [-0.4, -0.2) is 71.6 Å². The molecule has 0 saturated heterocycles. The molecule has 0 unspecified atom stereocenters. The van der Waals surface area contributed by atoms with Gasteiger partial charge >= 0.3 is 71.6 Å². The summed E-state index contributed by atoms with van der Waals surface area (Å²) in [6.07, 6.45) is -15.0. The first-order valence-corrected chi connectivity index (χ1v) is 7.66. The second kappa shape index (κ2) is 8.34. The minimum Gasteiger partial charge on any atom is -0.192 e. The van der Waals surface area contributed by atoms with Gasteiger partial charge in [-0.2, -0.15) is 114 Å². The van der Waals surface area contributed by atoms with Crippen LogP contribution in [0.5, 0.6) is 0 Å². The molecule has 26 heteroatoms. The summed E-state index contributed by atoms with van der Waals surface area (Å²) in [4.78, 5) is 0. The molecule has 0 atom stereocenters. The van der Waals surface area contributed by atoms with Crippen LogP contribution in [0.1, 0.15) is 0 Å².